The number of amides is 2. The third-order valence-corrected chi connectivity index (χ3v) is 6.17. The number of alkyl halides is 5. The largest absolute Gasteiger partial charge is 0.389 e. The second-order valence-corrected chi connectivity index (χ2v) is 10.1. The Hall–Kier alpha value is -4.08. The number of nitrogens with zero attached hydrogens (tertiary/aromatic N) is 4. The molecule has 42 heavy (non-hydrogen) atoms. The summed E-state index contributed by atoms with van der Waals surface area (Å²) in [4.78, 5) is 28.1. The molecule has 2 aromatic heterocycles. The van der Waals surface area contributed by atoms with Gasteiger partial charge < -0.3 is 10.6 Å². The van der Waals surface area contributed by atoms with Gasteiger partial charge in [0.1, 0.15) is 0 Å². The Labute approximate surface area is 240 Å². The van der Waals surface area contributed by atoms with Gasteiger partial charge in [-0.1, -0.05) is 31.7 Å². The maximum atomic E-state index is 12.2. The lowest BCUT2D eigenvalue weighted by atomic mass is 9.97. The number of hydrogen-bond donors (Lipinski definition) is 2. The average molecular weight is 593 g/mol. The summed E-state index contributed by atoms with van der Waals surface area (Å²) in [5, 5.41) is 18.2. The van der Waals surface area contributed by atoms with Crippen molar-refractivity contribution in [2.75, 3.05) is 0 Å². The number of imidazole rings is 1. The van der Waals surface area contributed by atoms with Gasteiger partial charge in [-0.2, -0.15) is 23.5 Å². The van der Waals surface area contributed by atoms with Crippen LogP contribution in [0.2, 0.25) is 0 Å². The lowest BCUT2D eigenvalue weighted by Crippen LogP contribution is -2.24. The second-order valence-electron chi connectivity index (χ2n) is 10.1. The number of nitrogens with one attached hydrogen (secondary N) is 2. The van der Waals surface area contributed by atoms with Crippen LogP contribution in [0.4, 0.5) is 22.0 Å². The maximum absolute atomic E-state index is 12.2. The van der Waals surface area contributed by atoms with E-state index in [2.05, 4.69) is 20.7 Å². The summed E-state index contributed by atoms with van der Waals surface area (Å²) >= 11 is 0. The fourth-order valence-electron chi connectivity index (χ4n) is 3.76. The van der Waals surface area contributed by atoms with Gasteiger partial charge in [0.25, 0.3) is 5.91 Å². The molecular weight excluding hydrogens is 559 g/mol. The Bertz CT molecular complexity index is 1370. The predicted octanol–water partition coefficient (Wildman–Crippen LogP) is 6.25. The smallest absolute Gasteiger partial charge is 0.352 e. The molecule has 2 amide bonds. The highest BCUT2D eigenvalue weighted by Crippen LogP contribution is 2.32. The molecule has 0 bridgehead atoms. The van der Waals surface area contributed by atoms with Crippen molar-refractivity contribution >= 4 is 17.5 Å². The van der Waals surface area contributed by atoms with Crippen LogP contribution >= 0.6 is 0 Å². The minimum Gasteiger partial charge on any atom is -0.352 e. The fraction of sp³-hybridized carbons (Fsp3) is 0.483. The quantitative estimate of drug-likeness (QED) is 0.315. The van der Waals surface area contributed by atoms with E-state index >= 15 is 0 Å². The van der Waals surface area contributed by atoms with E-state index in [0.29, 0.717) is 40.9 Å². The van der Waals surface area contributed by atoms with Crippen molar-refractivity contribution in [3.63, 3.8) is 0 Å². The molecule has 8 nitrogen and oxygen atoms in total. The van der Waals surface area contributed by atoms with E-state index < -0.39 is 30.8 Å². The van der Waals surface area contributed by atoms with Crippen molar-refractivity contribution < 1.29 is 31.5 Å². The zero-order valence-corrected chi connectivity index (χ0v) is 23.0. The summed E-state index contributed by atoms with van der Waals surface area (Å²) in [7, 11) is 0. The van der Waals surface area contributed by atoms with Crippen molar-refractivity contribution in [3.05, 3.63) is 65.1 Å². The molecule has 0 unspecified atom stereocenters. The summed E-state index contributed by atoms with van der Waals surface area (Å²) in [5.74, 6) is -3.38. The van der Waals surface area contributed by atoms with E-state index in [-0.39, 0.29) is 31.8 Å². The first-order valence-corrected chi connectivity index (χ1v) is 13.8. The van der Waals surface area contributed by atoms with Crippen LogP contribution in [0.3, 0.4) is 0 Å². The fourth-order valence-corrected chi connectivity index (χ4v) is 3.76. The first-order chi connectivity index (χ1) is 19.9. The molecule has 2 heterocycles. The van der Waals surface area contributed by atoms with Gasteiger partial charge in [-0.05, 0) is 42.7 Å². The molecule has 13 heteroatoms. The van der Waals surface area contributed by atoms with E-state index in [1.54, 1.807) is 30.5 Å². The summed E-state index contributed by atoms with van der Waals surface area (Å²) in [6, 6.07) is 9.90. The molecule has 5 rings (SSSR count). The Morgan fingerprint density at radius 3 is 2.29 bits per heavy atom. The van der Waals surface area contributed by atoms with E-state index in [1.165, 1.54) is 36.0 Å². The Morgan fingerprint density at radius 2 is 1.69 bits per heavy atom. The number of rotatable bonds is 7. The molecule has 2 N–H and O–H groups in total. The Kier molecular flexibility index (Phi) is 11.8. The monoisotopic (exact) mass is 592 g/mol. The van der Waals surface area contributed by atoms with Gasteiger partial charge in [0.05, 0.1) is 42.7 Å². The number of nitriles is 1. The molecular formula is C29H33F5N6O2. The van der Waals surface area contributed by atoms with Crippen molar-refractivity contribution in [1.82, 2.24) is 25.2 Å². The minimum atomic E-state index is -4.38. The SMILES string of the molecule is C1CC1.FC1(F)CCCCC1.N#Cc1cccc(C(=O)NCc2cn3ncc(CNC(=O)CCC(F)(F)F)cc3n2)c1. The maximum Gasteiger partial charge on any atom is 0.389 e. The van der Waals surface area contributed by atoms with E-state index in [1.807, 2.05) is 6.07 Å². The highest BCUT2D eigenvalue weighted by molar-refractivity contribution is 5.94. The van der Waals surface area contributed by atoms with Crippen molar-refractivity contribution in [3.8, 4) is 6.07 Å². The summed E-state index contributed by atoms with van der Waals surface area (Å²) in [6.45, 7) is 0.150. The Balaban J connectivity index is 0.000000364. The highest BCUT2D eigenvalue weighted by Gasteiger charge is 2.30. The van der Waals surface area contributed by atoms with Crippen LogP contribution < -0.4 is 10.6 Å². The summed E-state index contributed by atoms with van der Waals surface area (Å²) in [6.07, 6.45) is 4.06. The van der Waals surface area contributed by atoms with Gasteiger partial charge in [-0.15, -0.1) is 0 Å². The molecule has 3 aromatic rings. The van der Waals surface area contributed by atoms with Crippen molar-refractivity contribution in [2.24, 2.45) is 0 Å². The molecule has 0 atom stereocenters. The highest BCUT2D eigenvalue weighted by atomic mass is 19.4. The zero-order valence-electron chi connectivity index (χ0n) is 23.0. The molecule has 2 saturated carbocycles. The molecule has 0 aliphatic heterocycles. The lowest BCUT2D eigenvalue weighted by Gasteiger charge is -2.20. The number of hydrogen-bond acceptors (Lipinski definition) is 5. The molecule has 2 aliphatic carbocycles. The number of benzene rings is 1. The third-order valence-electron chi connectivity index (χ3n) is 6.17. The zero-order chi connectivity index (χ0) is 30.6. The lowest BCUT2D eigenvalue weighted by molar-refractivity contribution is -0.144. The van der Waals surface area contributed by atoms with Gasteiger partial charge in [0, 0.05) is 31.4 Å². The molecule has 0 radical (unpaired) electrons. The van der Waals surface area contributed by atoms with E-state index in [4.69, 9.17) is 5.26 Å². The van der Waals surface area contributed by atoms with Crippen molar-refractivity contribution in [1.29, 1.82) is 5.26 Å². The van der Waals surface area contributed by atoms with Gasteiger partial charge in [-0.25, -0.2) is 18.3 Å². The topological polar surface area (TPSA) is 112 Å². The van der Waals surface area contributed by atoms with Crippen LogP contribution in [0.25, 0.3) is 5.65 Å². The molecule has 0 spiro atoms. The molecule has 2 aliphatic rings. The van der Waals surface area contributed by atoms with Gasteiger partial charge in [0.15, 0.2) is 5.65 Å². The summed E-state index contributed by atoms with van der Waals surface area (Å²) < 4.78 is 62.4. The normalized spacial score (nSPS) is 15.2. The van der Waals surface area contributed by atoms with E-state index in [9.17, 15) is 31.5 Å². The molecule has 0 saturated heterocycles. The number of carbonyl (C=O) groups excluding carboxylic acids is 2. The number of carbonyl (C=O) groups is 2. The Morgan fingerprint density at radius 1 is 1.00 bits per heavy atom. The third kappa shape index (κ3) is 12.2. The van der Waals surface area contributed by atoms with E-state index in [0.717, 1.165) is 6.42 Å². The number of halogens is 5. The van der Waals surface area contributed by atoms with Crippen LogP contribution in [0, 0.1) is 11.3 Å². The first-order valence-electron chi connectivity index (χ1n) is 13.8. The van der Waals surface area contributed by atoms with Gasteiger partial charge >= 0.3 is 6.18 Å². The summed E-state index contributed by atoms with van der Waals surface area (Å²) in [5.41, 5.74) is 2.29. The van der Waals surface area contributed by atoms with Gasteiger partial charge in [0.2, 0.25) is 11.8 Å². The minimum absolute atomic E-state index is 0.0222. The van der Waals surface area contributed by atoms with Crippen LogP contribution in [0.5, 0.6) is 0 Å². The van der Waals surface area contributed by atoms with Crippen LogP contribution in [0.1, 0.15) is 91.4 Å². The van der Waals surface area contributed by atoms with Crippen molar-refractivity contribution in [2.45, 2.75) is 89.4 Å². The number of fused-ring (bicyclic) bond motifs is 1. The van der Waals surface area contributed by atoms with Crippen LogP contribution in [-0.2, 0) is 17.9 Å². The van der Waals surface area contributed by atoms with Gasteiger partial charge in [-0.3, -0.25) is 9.59 Å². The predicted molar refractivity (Wildman–Crippen MR) is 144 cm³/mol. The average Bonchev–Trinajstić information content (AvgIpc) is 3.79. The van der Waals surface area contributed by atoms with Crippen LogP contribution in [-0.4, -0.2) is 38.5 Å². The standard InChI is InChI=1S/C20H17F3N6O2.C6H10F2.C3H6/c21-20(22,23)5-4-18(30)25-9-14-7-17-28-16(12-29(17)27-10-14)11-26-19(31)15-3-1-2-13(6-15)8-24;7-6(8)4-2-1-3-5-6;1-2-3-1/h1-3,6-7,10,12H,4-5,9,11H2,(H,25,30)(H,26,31);1-5H2;1-3H2. The molecule has 1 aromatic carbocycles. The second kappa shape index (κ2) is 15.2. The molecule has 2 fully saturated rings. The van der Waals surface area contributed by atoms with Crippen LogP contribution in [0.15, 0.2) is 42.7 Å². The first kappa shape index (κ1) is 32.4. The molecule has 226 valence electrons. The number of aromatic nitrogens is 3.